The lowest BCUT2D eigenvalue weighted by molar-refractivity contribution is -0.136. The molecule has 0 spiro atoms. The largest absolute Gasteiger partial charge is 0.457 e. The summed E-state index contributed by atoms with van der Waals surface area (Å²) in [5.74, 6) is 0.751. The molecule has 0 radical (unpaired) electrons. The number of nitrogen functional groups attached to an aromatic ring is 1. The Balaban J connectivity index is 0.000000152. The molecule has 6 heterocycles. The van der Waals surface area contributed by atoms with Crippen LogP contribution in [0.4, 0.5) is 11.5 Å². The number of nitrogens with one attached hydrogen (secondary N) is 2. The number of aromatic nitrogens is 4. The maximum atomic E-state index is 13.2. The molecule has 15 nitrogen and oxygen atoms in total. The Morgan fingerprint density at radius 1 is 0.797 bits per heavy atom. The van der Waals surface area contributed by atoms with E-state index in [1.165, 1.54) is 25.6 Å². The van der Waals surface area contributed by atoms with Crippen molar-refractivity contribution in [2.45, 2.75) is 57.0 Å². The van der Waals surface area contributed by atoms with Crippen molar-refractivity contribution in [2.24, 2.45) is 5.92 Å². The number of carbonyl (C=O) groups is 4. The van der Waals surface area contributed by atoms with Crippen LogP contribution in [0.1, 0.15) is 71.7 Å². The van der Waals surface area contributed by atoms with Gasteiger partial charge in [0.05, 0.1) is 28.2 Å². The first kappa shape index (κ1) is 38.3. The average molecular weight is 797 g/mol. The van der Waals surface area contributed by atoms with E-state index in [-0.39, 0.29) is 18.7 Å². The first-order valence-corrected chi connectivity index (χ1v) is 20.7. The molecule has 4 amide bonds. The van der Waals surface area contributed by atoms with Crippen LogP contribution in [-0.2, 0) is 9.59 Å². The maximum Gasteiger partial charge on any atom is 0.264 e. The molecule has 1 atom stereocenters. The Bertz CT molecular complexity index is 2370. The van der Waals surface area contributed by atoms with E-state index in [1.54, 1.807) is 12.1 Å². The Kier molecular flexibility index (Phi) is 10.8. The van der Waals surface area contributed by atoms with Gasteiger partial charge in [0.2, 0.25) is 11.8 Å². The molecule has 4 aliphatic heterocycles. The third-order valence-electron chi connectivity index (χ3n) is 12.0. The smallest absolute Gasteiger partial charge is 0.264 e. The maximum absolute atomic E-state index is 13.2. The van der Waals surface area contributed by atoms with E-state index in [4.69, 9.17) is 15.6 Å². The number of piperidine rings is 1. The highest BCUT2D eigenvalue weighted by atomic mass is 16.5. The van der Waals surface area contributed by atoms with E-state index in [2.05, 4.69) is 35.1 Å². The first-order chi connectivity index (χ1) is 28.8. The summed E-state index contributed by atoms with van der Waals surface area (Å²) in [6.07, 6.45) is 7.83. The van der Waals surface area contributed by atoms with Gasteiger partial charge in [-0.1, -0.05) is 43.5 Å². The highest BCUT2D eigenvalue weighted by molar-refractivity contribution is 6.25. The summed E-state index contributed by atoms with van der Waals surface area (Å²) in [7, 11) is 0. The summed E-state index contributed by atoms with van der Waals surface area (Å²) in [6, 6.07) is 22.4. The molecule has 10 rings (SSSR count). The third-order valence-corrected chi connectivity index (χ3v) is 12.0. The number of piperazine rings is 1. The van der Waals surface area contributed by atoms with E-state index in [0.717, 1.165) is 103 Å². The summed E-state index contributed by atoms with van der Waals surface area (Å²) in [5, 5.41) is 11.4. The summed E-state index contributed by atoms with van der Waals surface area (Å²) < 4.78 is 7.97. The van der Waals surface area contributed by atoms with Gasteiger partial charge < -0.3 is 25.6 Å². The van der Waals surface area contributed by atoms with Crippen LogP contribution >= 0.6 is 0 Å². The predicted octanol–water partition coefficient (Wildman–Crippen LogP) is 4.80. The fourth-order valence-corrected chi connectivity index (χ4v) is 8.98. The average Bonchev–Trinajstić information content (AvgIpc) is 3.76. The van der Waals surface area contributed by atoms with Crippen molar-refractivity contribution in [3.63, 3.8) is 0 Å². The zero-order chi connectivity index (χ0) is 40.5. The van der Waals surface area contributed by atoms with Crippen molar-refractivity contribution in [1.29, 1.82) is 0 Å². The number of fused-ring (bicyclic) bond motifs is 2. The molecule has 3 aromatic carbocycles. The number of nitrogens with zero attached hydrogens (tertiary/aromatic N) is 7. The second kappa shape index (κ2) is 16.6. The highest BCUT2D eigenvalue weighted by Crippen LogP contribution is 2.38. The van der Waals surface area contributed by atoms with Crippen molar-refractivity contribution >= 4 is 46.2 Å². The monoisotopic (exact) mass is 796 g/mol. The minimum atomic E-state index is -0.931. The van der Waals surface area contributed by atoms with Crippen molar-refractivity contribution in [2.75, 3.05) is 56.4 Å². The van der Waals surface area contributed by atoms with Crippen LogP contribution in [0.25, 0.3) is 22.3 Å². The molecule has 2 aromatic heterocycles. The quantitative estimate of drug-likeness (QED) is 0.183. The molecule has 4 N–H and O–H groups in total. The van der Waals surface area contributed by atoms with Gasteiger partial charge in [0.25, 0.3) is 11.8 Å². The Morgan fingerprint density at radius 2 is 1.54 bits per heavy atom. The summed E-state index contributed by atoms with van der Waals surface area (Å²) in [4.78, 5) is 64.2. The number of carbonyl (C=O) groups excluding carboxylic acids is 4. The number of para-hydroxylation sites is 1. The fourth-order valence-electron chi connectivity index (χ4n) is 8.98. The van der Waals surface area contributed by atoms with E-state index in [0.29, 0.717) is 28.9 Å². The van der Waals surface area contributed by atoms with Crippen molar-refractivity contribution in [3.8, 4) is 22.8 Å². The second-order valence-electron chi connectivity index (χ2n) is 16.0. The zero-order valence-corrected chi connectivity index (χ0v) is 32.9. The molecule has 5 aromatic rings. The van der Waals surface area contributed by atoms with E-state index in [1.807, 2.05) is 60.7 Å². The molecule has 59 heavy (non-hydrogen) atoms. The number of imide groups is 2. The predicted molar refractivity (Wildman–Crippen MR) is 222 cm³/mol. The molecular formula is C44H48N10O5. The highest BCUT2D eigenvalue weighted by Gasteiger charge is 2.47. The van der Waals surface area contributed by atoms with Gasteiger partial charge in [-0.05, 0) is 67.8 Å². The van der Waals surface area contributed by atoms with Crippen molar-refractivity contribution in [3.05, 3.63) is 90.3 Å². The lowest BCUT2D eigenvalue weighted by Crippen LogP contribution is -2.55. The number of hydrogen-bond acceptors (Lipinski definition) is 12. The summed E-state index contributed by atoms with van der Waals surface area (Å²) in [6.45, 7) is 6.91. The Hall–Kier alpha value is -6.19. The van der Waals surface area contributed by atoms with Crippen molar-refractivity contribution in [1.82, 2.24) is 40.2 Å². The Labute approximate surface area is 341 Å². The fraction of sp³-hybridized carbons (Fsp3) is 0.386. The molecular weight excluding hydrogens is 749 g/mol. The molecule has 4 fully saturated rings. The van der Waals surface area contributed by atoms with Crippen LogP contribution in [0.3, 0.4) is 0 Å². The normalized spacial score (nSPS) is 20.2. The lowest BCUT2D eigenvalue weighted by Gasteiger charge is -2.44. The third kappa shape index (κ3) is 7.75. The van der Waals surface area contributed by atoms with Gasteiger partial charge in [-0.3, -0.25) is 29.4 Å². The van der Waals surface area contributed by atoms with E-state index >= 15 is 0 Å². The number of hydrogen-bond donors (Lipinski definition) is 3. The van der Waals surface area contributed by atoms with Crippen LogP contribution in [-0.4, -0.2) is 105 Å². The Morgan fingerprint density at radius 3 is 2.29 bits per heavy atom. The second-order valence-corrected chi connectivity index (χ2v) is 16.0. The van der Waals surface area contributed by atoms with Crippen LogP contribution in [0.15, 0.2) is 79.1 Å². The molecule has 1 unspecified atom stereocenters. The van der Waals surface area contributed by atoms with E-state index in [9.17, 15) is 19.2 Å². The molecule has 304 valence electrons. The molecule has 3 saturated heterocycles. The minimum Gasteiger partial charge on any atom is -0.457 e. The van der Waals surface area contributed by atoms with Gasteiger partial charge in [-0.15, -0.1) is 0 Å². The molecule has 1 saturated carbocycles. The number of benzene rings is 3. The SMILES string of the molecule is Nc1ncnc2c1c(-c1ccc(Oc3ccccc3)cc1)nn2C1CCCCC1.O=C1CCC(N2C(=O)c3cccc(N4CC(CN5CCNCC5)C4)c3C2=O)C(=O)N1. The molecule has 5 aliphatic rings. The van der Waals surface area contributed by atoms with Gasteiger partial charge >= 0.3 is 0 Å². The van der Waals surface area contributed by atoms with Crippen molar-refractivity contribution < 1.29 is 23.9 Å². The van der Waals surface area contributed by atoms with Crippen LogP contribution in [0.2, 0.25) is 0 Å². The first-order valence-electron chi connectivity index (χ1n) is 20.7. The number of nitrogens with two attached hydrogens (primary N) is 1. The minimum absolute atomic E-state index is 0.122. The zero-order valence-electron chi connectivity index (χ0n) is 32.9. The van der Waals surface area contributed by atoms with Gasteiger partial charge in [0.1, 0.15) is 35.4 Å². The van der Waals surface area contributed by atoms with Crippen LogP contribution in [0.5, 0.6) is 11.5 Å². The lowest BCUT2D eigenvalue weighted by atomic mass is 9.96. The van der Waals surface area contributed by atoms with Crippen LogP contribution < -0.4 is 26.0 Å². The van der Waals surface area contributed by atoms with Gasteiger partial charge in [-0.25, -0.2) is 14.6 Å². The summed E-state index contributed by atoms with van der Waals surface area (Å²) >= 11 is 0. The summed E-state index contributed by atoms with van der Waals surface area (Å²) in [5.41, 5.74) is 10.4. The topological polar surface area (TPSA) is 181 Å². The standard InChI is InChI=1S/C23H23N5O.C21H25N5O4/c24-22-20-21(16-11-13-19(14-12-16)29-18-9-5-2-6-10-18)27-28(23(20)26-15-25-22)17-7-3-1-4-8-17;27-17-5-4-16(19(28)23-17)26-20(29)14-2-1-3-15(18(14)21(26)30)25-11-13(12-25)10-24-8-6-22-7-9-24/h2,5-6,9-15,17H,1,3-4,7-8H2,(H2,24,25,26);1-3,13,16,22H,4-12H2,(H,23,27,28). The molecule has 1 aliphatic carbocycles. The number of anilines is 2. The molecule has 15 heteroatoms. The van der Waals surface area contributed by atoms with Gasteiger partial charge in [-0.2, -0.15) is 5.10 Å². The van der Waals surface area contributed by atoms with E-state index < -0.39 is 23.8 Å². The number of amides is 4. The van der Waals surface area contributed by atoms with Gasteiger partial charge in [0, 0.05) is 63.7 Å². The number of rotatable bonds is 8. The number of ether oxygens (including phenoxy) is 1. The van der Waals surface area contributed by atoms with Crippen LogP contribution in [0, 0.1) is 5.92 Å². The molecule has 0 bridgehead atoms. The van der Waals surface area contributed by atoms with Gasteiger partial charge in [0.15, 0.2) is 5.65 Å².